The van der Waals surface area contributed by atoms with E-state index < -0.39 is 0 Å². The number of carbonyl (C=O) groups is 1. The highest BCUT2D eigenvalue weighted by Gasteiger charge is 2.28. The van der Waals surface area contributed by atoms with Crippen molar-refractivity contribution < 1.29 is 9.53 Å². The Morgan fingerprint density at radius 1 is 1.15 bits per heavy atom. The van der Waals surface area contributed by atoms with Gasteiger partial charge in [0, 0.05) is 6.54 Å². The predicted octanol–water partition coefficient (Wildman–Crippen LogP) is 4.83. The molecule has 4 heteroatoms. The molecule has 1 fully saturated rings. The maximum Gasteiger partial charge on any atom is 0.265 e. The maximum atomic E-state index is 12.5. The molecule has 0 saturated carbocycles. The van der Waals surface area contributed by atoms with E-state index in [2.05, 4.69) is 31.7 Å². The zero-order valence-corrected chi connectivity index (χ0v) is 17.4. The van der Waals surface area contributed by atoms with Gasteiger partial charge in [0.15, 0.2) is 6.61 Å². The zero-order valence-electron chi connectivity index (χ0n) is 17.4. The molecule has 4 nitrogen and oxygen atoms in total. The standard InChI is InChI=1S/C23H36N2O2/c1-4-5-8-19-11-15-24(16-12-19)13-7-14-25-21-10-6-9-20(18(2)3)23(21)27-17-22(25)26/h6,9-10,18-19H,4-5,7-8,11-17H2,1-3H3. The fourth-order valence-corrected chi connectivity index (χ4v) is 4.40. The molecular formula is C23H36N2O2. The van der Waals surface area contributed by atoms with Crippen LogP contribution in [-0.4, -0.2) is 43.6 Å². The Kier molecular flexibility index (Phi) is 7.17. The molecule has 0 radical (unpaired) electrons. The van der Waals surface area contributed by atoms with Crippen LogP contribution in [0.2, 0.25) is 0 Å². The molecule has 0 aliphatic carbocycles. The van der Waals surface area contributed by atoms with Crippen LogP contribution in [0.5, 0.6) is 5.75 Å². The first-order valence-corrected chi connectivity index (χ1v) is 10.9. The van der Waals surface area contributed by atoms with Gasteiger partial charge in [-0.15, -0.1) is 0 Å². The SMILES string of the molecule is CCCCC1CCN(CCCN2C(=O)COc3c(C(C)C)cccc32)CC1. The van der Waals surface area contributed by atoms with Crippen LogP contribution < -0.4 is 9.64 Å². The van der Waals surface area contributed by atoms with Crippen LogP contribution in [0.3, 0.4) is 0 Å². The van der Waals surface area contributed by atoms with E-state index in [4.69, 9.17) is 4.74 Å². The van der Waals surface area contributed by atoms with Gasteiger partial charge in [0.05, 0.1) is 5.69 Å². The lowest BCUT2D eigenvalue weighted by atomic mass is 9.91. The first-order chi connectivity index (χ1) is 13.1. The van der Waals surface area contributed by atoms with Crippen molar-refractivity contribution in [2.45, 2.75) is 65.2 Å². The number of anilines is 1. The molecule has 150 valence electrons. The van der Waals surface area contributed by atoms with Gasteiger partial charge in [-0.1, -0.05) is 52.2 Å². The minimum atomic E-state index is 0.0849. The summed E-state index contributed by atoms with van der Waals surface area (Å²) in [5.41, 5.74) is 2.15. The van der Waals surface area contributed by atoms with Gasteiger partial charge >= 0.3 is 0 Å². The number of nitrogens with zero attached hydrogens (tertiary/aromatic N) is 2. The van der Waals surface area contributed by atoms with Crippen LogP contribution in [0.25, 0.3) is 0 Å². The van der Waals surface area contributed by atoms with Gasteiger partial charge < -0.3 is 14.5 Å². The fraction of sp³-hybridized carbons (Fsp3) is 0.696. The van der Waals surface area contributed by atoms with Crippen LogP contribution in [0, 0.1) is 5.92 Å². The number of piperidine rings is 1. The van der Waals surface area contributed by atoms with Crippen molar-refractivity contribution in [2.75, 3.05) is 37.7 Å². The molecule has 1 saturated heterocycles. The molecule has 2 heterocycles. The molecule has 0 spiro atoms. The summed E-state index contributed by atoms with van der Waals surface area (Å²) >= 11 is 0. The van der Waals surface area contributed by atoms with Crippen molar-refractivity contribution in [3.05, 3.63) is 23.8 Å². The summed E-state index contributed by atoms with van der Waals surface area (Å²) in [7, 11) is 0. The van der Waals surface area contributed by atoms with Gasteiger partial charge in [-0.3, -0.25) is 4.79 Å². The molecule has 1 aromatic carbocycles. The molecule has 1 amide bonds. The quantitative estimate of drug-likeness (QED) is 0.655. The predicted molar refractivity (Wildman–Crippen MR) is 112 cm³/mol. The fourth-order valence-electron chi connectivity index (χ4n) is 4.40. The summed E-state index contributed by atoms with van der Waals surface area (Å²) in [6, 6.07) is 6.18. The number of hydrogen-bond acceptors (Lipinski definition) is 3. The van der Waals surface area contributed by atoms with Crippen molar-refractivity contribution in [2.24, 2.45) is 5.92 Å². The van der Waals surface area contributed by atoms with E-state index in [1.54, 1.807) is 0 Å². The molecule has 27 heavy (non-hydrogen) atoms. The normalized spacial score (nSPS) is 18.7. The number of ether oxygens (including phenoxy) is 1. The summed E-state index contributed by atoms with van der Waals surface area (Å²) in [4.78, 5) is 17.0. The molecule has 0 N–H and O–H groups in total. The molecule has 2 aliphatic rings. The second-order valence-corrected chi connectivity index (χ2v) is 8.47. The minimum absolute atomic E-state index is 0.0849. The van der Waals surface area contributed by atoms with Crippen LogP contribution in [0.4, 0.5) is 5.69 Å². The van der Waals surface area contributed by atoms with E-state index in [0.29, 0.717) is 5.92 Å². The Bertz CT molecular complexity index is 621. The molecule has 1 aromatic rings. The number of benzene rings is 1. The lowest BCUT2D eigenvalue weighted by Crippen LogP contribution is -2.41. The van der Waals surface area contributed by atoms with Gasteiger partial charge in [0.25, 0.3) is 5.91 Å². The second-order valence-electron chi connectivity index (χ2n) is 8.47. The van der Waals surface area contributed by atoms with Gasteiger partial charge in [0.2, 0.25) is 0 Å². The Balaban J connectivity index is 1.52. The van der Waals surface area contributed by atoms with Gasteiger partial charge in [-0.25, -0.2) is 0 Å². The molecule has 0 aromatic heterocycles. The van der Waals surface area contributed by atoms with Gasteiger partial charge in [-0.05, 0) is 62.4 Å². The Morgan fingerprint density at radius 2 is 1.93 bits per heavy atom. The van der Waals surface area contributed by atoms with Crippen LogP contribution in [0.15, 0.2) is 18.2 Å². The third-order valence-electron chi connectivity index (χ3n) is 6.11. The number of rotatable bonds is 8. The average molecular weight is 373 g/mol. The van der Waals surface area contributed by atoms with Crippen LogP contribution in [0.1, 0.15) is 70.8 Å². The summed E-state index contributed by atoms with van der Waals surface area (Å²) < 4.78 is 5.80. The Hall–Kier alpha value is -1.55. The van der Waals surface area contributed by atoms with E-state index in [-0.39, 0.29) is 12.5 Å². The summed E-state index contributed by atoms with van der Waals surface area (Å²) in [6.07, 6.45) is 7.81. The molecule has 0 bridgehead atoms. The molecule has 0 unspecified atom stereocenters. The Labute approximate surface area is 164 Å². The number of fused-ring (bicyclic) bond motifs is 1. The van der Waals surface area contributed by atoms with Crippen molar-refractivity contribution in [1.82, 2.24) is 4.90 Å². The third kappa shape index (κ3) is 5.04. The highest BCUT2D eigenvalue weighted by Crippen LogP contribution is 2.38. The van der Waals surface area contributed by atoms with E-state index in [9.17, 15) is 4.79 Å². The maximum absolute atomic E-state index is 12.5. The first-order valence-electron chi connectivity index (χ1n) is 10.9. The van der Waals surface area contributed by atoms with Crippen molar-refractivity contribution >= 4 is 11.6 Å². The third-order valence-corrected chi connectivity index (χ3v) is 6.11. The van der Waals surface area contributed by atoms with Crippen molar-refractivity contribution in [3.63, 3.8) is 0 Å². The molecule has 3 rings (SSSR count). The van der Waals surface area contributed by atoms with Crippen LogP contribution in [-0.2, 0) is 4.79 Å². The van der Waals surface area contributed by atoms with Crippen LogP contribution >= 0.6 is 0 Å². The largest absolute Gasteiger partial charge is 0.481 e. The number of amides is 1. The number of unbranched alkanes of at least 4 members (excludes halogenated alkanes) is 1. The number of para-hydroxylation sites is 1. The van der Waals surface area contributed by atoms with Crippen molar-refractivity contribution in [3.8, 4) is 5.75 Å². The van der Waals surface area contributed by atoms with E-state index >= 15 is 0 Å². The van der Waals surface area contributed by atoms with E-state index in [0.717, 1.165) is 36.9 Å². The number of carbonyl (C=O) groups excluding carboxylic acids is 1. The lowest BCUT2D eigenvalue weighted by molar-refractivity contribution is -0.121. The minimum Gasteiger partial charge on any atom is -0.481 e. The molecule has 0 atom stereocenters. The topological polar surface area (TPSA) is 32.8 Å². The smallest absolute Gasteiger partial charge is 0.265 e. The van der Waals surface area contributed by atoms with Crippen molar-refractivity contribution in [1.29, 1.82) is 0 Å². The average Bonchev–Trinajstić information content (AvgIpc) is 2.68. The van der Waals surface area contributed by atoms with E-state index in [1.807, 2.05) is 17.0 Å². The molecular weight excluding hydrogens is 336 g/mol. The monoisotopic (exact) mass is 372 g/mol. The Morgan fingerprint density at radius 3 is 2.63 bits per heavy atom. The highest BCUT2D eigenvalue weighted by atomic mass is 16.5. The second kappa shape index (κ2) is 9.59. The van der Waals surface area contributed by atoms with E-state index in [1.165, 1.54) is 50.8 Å². The van der Waals surface area contributed by atoms with Gasteiger partial charge in [-0.2, -0.15) is 0 Å². The number of likely N-dealkylation sites (tertiary alicyclic amines) is 1. The van der Waals surface area contributed by atoms with Gasteiger partial charge in [0.1, 0.15) is 5.75 Å². The molecule has 2 aliphatic heterocycles. The summed E-state index contributed by atoms with van der Waals surface area (Å²) in [6.45, 7) is 11.1. The zero-order chi connectivity index (χ0) is 19.2. The summed E-state index contributed by atoms with van der Waals surface area (Å²) in [5.74, 6) is 2.32. The number of hydrogen-bond donors (Lipinski definition) is 0. The summed E-state index contributed by atoms with van der Waals surface area (Å²) in [5, 5.41) is 0. The highest BCUT2D eigenvalue weighted by molar-refractivity contribution is 5.98. The first kappa shape index (κ1) is 20.2. The lowest BCUT2D eigenvalue weighted by Gasteiger charge is -2.34.